The van der Waals surface area contributed by atoms with Gasteiger partial charge in [-0.3, -0.25) is 9.59 Å². The van der Waals surface area contributed by atoms with Crippen LogP contribution in [0.5, 0.6) is 0 Å². The molecule has 4 N–H and O–H groups in total. The van der Waals surface area contributed by atoms with E-state index in [0.717, 1.165) is 19.3 Å². The maximum absolute atomic E-state index is 11.8. The van der Waals surface area contributed by atoms with Crippen molar-refractivity contribution >= 4 is 23.6 Å². The van der Waals surface area contributed by atoms with Crippen LogP contribution in [-0.4, -0.2) is 41.9 Å². The van der Waals surface area contributed by atoms with Crippen molar-refractivity contribution in [3.8, 4) is 0 Å². The van der Waals surface area contributed by atoms with Crippen molar-refractivity contribution in [3.05, 3.63) is 0 Å². The Labute approximate surface area is 119 Å². The molecule has 0 bridgehead atoms. The number of carbonyl (C=O) groups is 2. The molecular weight excluding hydrogens is 262 g/mol. The molecule has 110 valence electrons. The molecule has 1 atom stereocenters. The van der Waals surface area contributed by atoms with Gasteiger partial charge >= 0.3 is 0 Å². The maximum atomic E-state index is 11.8. The van der Waals surface area contributed by atoms with Crippen molar-refractivity contribution in [1.82, 2.24) is 10.6 Å². The van der Waals surface area contributed by atoms with Crippen molar-refractivity contribution in [1.29, 1.82) is 0 Å². The summed E-state index contributed by atoms with van der Waals surface area (Å²) in [4.78, 5) is 23.3. The molecule has 2 amide bonds. The highest BCUT2D eigenvalue weighted by Gasteiger charge is 2.49. The van der Waals surface area contributed by atoms with Crippen LogP contribution in [0.2, 0.25) is 0 Å². The van der Waals surface area contributed by atoms with Gasteiger partial charge in [0.2, 0.25) is 11.8 Å². The van der Waals surface area contributed by atoms with E-state index in [2.05, 4.69) is 10.6 Å². The SMILES string of the molecule is CCCNC(=O)CSCC(NCC)(C(N)=O)C1CC1. The lowest BCUT2D eigenvalue weighted by atomic mass is 9.94. The van der Waals surface area contributed by atoms with Crippen molar-refractivity contribution in [2.24, 2.45) is 11.7 Å². The molecule has 1 saturated carbocycles. The third kappa shape index (κ3) is 4.69. The van der Waals surface area contributed by atoms with E-state index in [4.69, 9.17) is 5.73 Å². The van der Waals surface area contributed by atoms with Gasteiger partial charge in [0.05, 0.1) is 5.75 Å². The molecule has 0 radical (unpaired) electrons. The summed E-state index contributed by atoms with van der Waals surface area (Å²) < 4.78 is 0. The topological polar surface area (TPSA) is 84.2 Å². The molecule has 1 rings (SSSR count). The van der Waals surface area contributed by atoms with Crippen LogP contribution in [0.15, 0.2) is 0 Å². The van der Waals surface area contributed by atoms with Crippen molar-refractivity contribution in [2.45, 2.75) is 38.6 Å². The molecule has 5 nitrogen and oxygen atoms in total. The summed E-state index contributed by atoms with van der Waals surface area (Å²) in [6.45, 7) is 5.40. The number of hydrogen-bond donors (Lipinski definition) is 3. The van der Waals surface area contributed by atoms with Crippen LogP contribution in [0, 0.1) is 5.92 Å². The normalized spacial score (nSPS) is 17.8. The first-order chi connectivity index (χ1) is 9.06. The smallest absolute Gasteiger partial charge is 0.238 e. The number of rotatable bonds is 10. The number of amides is 2. The van der Waals surface area contributed by atoms with Gasteiger partial charge < -0.3 is 16.4 Å². The second-order valence-electron chi connectivity index (χ2n) is 4.98. The fourth-order valence-electron chi connectivity index (χ4n) is 2.18. The van der Waals surface area contributed by atoms with Crippen molar-refractivity contribution < 1.29 is 9.59 Å². The predicted octanol–water partition coefficient (Wildman–Crippen LogP) is 0.489. The van der Waals surface area contributed by atoms with Gasteiger partial charge in [-0.05, 0) is 31.7 Å². The lowest BCUT2D eigenvalue weighted by Gasteiger charge is -2.31. The van der Waals surface area contributed by atoms with Crippen molar-refractivity contribution in [2.75, 3.05) is 24.6 Å². The highest BCUT2D eigenvalue weighted by atomic mass is 32.2. The average Bonchev–Trinajstić information content (AvgIpc) is 3.19. The monoisotopic (exact) mass is 287 g/mol. The van der Waals surface area contributed by atoms with Gasteiger partial charge in [0, 0.05) is 12.3 Å². The number of primary amides is 1. The highest BCUT2D eigenvalue weighted by Crippen LogP contribution is 2.41. The van der Waals surface area contributed by atoms with E-state index in [1.54, 1.807) is 0 Å². The molecule has 0 spiro atoms. The fourth-order valence-corrected chi connectivity index (χ4v) is 3.38. The molecule has 1 aliphatic rings. The number of nitrogens with one attached hydrogen (secondary N) is 2. The van der Waals surface area contributed by atoms with Gasteiger partial charge in [-0.1, -0.05) is 13.8 Å². The Morgan fingerprint density at radius 2 is 2.05 bits per heavy atom. The van der Waals surface area contributed by atoms with E-state index in [0.29, 0.717) is 30.5 Å². The van der Waals surface area contributed by atoms with Crippen LogP contribution in [0.25, 0.3) is 0 Å². The third-order valence-electron chi connectivity index (χ3n) is 3.34. The predicted molar refractivity (Wildman–Crippen MR) is 79.0 cm³/mol. The highest BCUT2D eigenvalue weighted by molar-refractivity contribution is 8.00. The van der Waals surface area contributed by atoms with Crippen LogP contribution >= 0.6 is 11.8 Å². The fraction of sp³-hybridized carbons (Fsp3) is 0.846. The zero-order chi connectivity index (χ0) is 14.3. The van der Waals surface area contributed by atoms with E-state index in [-0.39, 0.29) is 11.8 Å². The lowest BCUT2D eigenvalue weighted by Crippen LogP contribution is -2.59. The molecule has 0 aliphatic heterocycles. The molecule has 0 aromatic rings. The minimum Gasteiger partial charge on any atom is -0.368 e. The van der Waals surface area contributed by atoms with Crippen molar-refractivity contribution in [3.63, 3.8) is 0 Å². The maximum Gasteiger partial charge on any atom is 0.238 e. The second kappa shape index (κ2) is 7.75. The molecule has 19 heavy (non-hydrogen) atoms. The van der Waals surface area contributed by atoms with Gasteiger partial charge in [-0.15, -0.1) is 11.8 Å². The van der Waals surface area contributed by atoms with E-state index >= 15 is 0 Å². The van der Waals surface area contributed by atoms with Crippen LogP contribution in [0.3, 0.4) is 0 Å². The number of nitrogens with two attached hydrogens (primary N) is 1. The van der Waals surface area contributed by atoms with Crippen LogP contribution in [-0.2, 0) is 9.59 Å². The Morgan fingerprint density at radius 1 is 1.37 bits per heavy atom. The quantitative estimate of drug-likeness (QED) is 0.546. The number of carbonyl (C=O) groups excluding carboxylic acids is 2. The van der Waals surface area contributed by atoms with E-state index in [9.17, 15) is 9.59 Å². The molecule has 0 saturated heterocycles. The van der Waals surface area contributed by atoms with E-state index in [1.165, 1.54) is 11.8 Å². The summed E-state index contributed by atoms with van der Waals surface area (Å²) in [5.74, 6) is 1.01. The zero-order valence-corrected chi connectivity index (χ0v) is 12.6. The summed E-state index contributed by atoms with van der Waals surface area (Å²) in [5.41, 5.74) is 4.95. The average molecular weight is 287 g/mol. The summed E-state index contributed by atoms with van der Waals surface area (Å²) in [5, 5.41) is 6.08. The van der Waals surface area contributed by atoms with Gasteiger partial charge in [-0.25, -0.2) is 0 Å². The largest absolute Gasteiger partial charge is 0.368 e. The first-order valence-corrected chi connectivity index (χ1v) is 8.11. The standard InChI is InChI=1S/C13H25N3O2S/c1-3-7-15-11(17)8-19-9-13(12(14)18,16-4-2)10-5-6-10/h10,16H,3-9H2,1-2H3,(H2,14,18)(H,15,17). The minimum absolute atomic E-state index is 0.0255. The van der Waals surface area contributed by atoms with Crippen LogP contribution in [0.4, 0.5) is 0 Å². The first kappa shape index (κ1) is 16.3. The van der Waals surface area contributed by atoms with Gasteiger partial charge in [0.15, 0.2) is 0 Å². The first-order valence-electron chi connectivity index (χ1n) is 6.96. The van der Waals surface area contributed by atoms with Gasteiger partial charge in [-0.2, -0.15) is 0 Å². The van der Waals surface area contributed by atoms with E-state index in [1.807, 2.05) is 13.8 Å². The summed E-state index contributed by atoms with van der Waals surface area (Å²) in [7, 11) is 0. The number of likely N-dealkylation sites (N-methyl/N-ethyl adjacent to an activating group) is 1. The Morgan fingerprint density at radius 3 is 2.53 bits per heavy atom. The van der Waals surface area contributed by atoms with Crippen LogP contribution in [0.1, 0.15) is 33.1 Å². The second-order valence-corrected chi connectivity index (χ2v) is 5.97. The van der Waals surface area contributed by atoms with Crippen LogP contribution < -0.4 is 16.4 Å². The molecule has 1 aliphatic carbocycles. The van der Waals surface area contributed by atoms with Gasteiger partial charge in [0.1, 0.15) is 5.54 Å². The third-order valence-corrected chi connectivity index (χ3v) is 4.47. The Bertz CT molecular complexity index is 321. The van der Waals surface area contributed by atoms with E-state index < -0.39 is 5.54 Å². The zero-order valence-electron chi connectivity index (χ0n) is 11.8. The number of thioether (sulfide) groups is 1. The Balaban J connectivity index is 2.45. The number of hydrogen-bond acceptors (Lipinski definition) is 4. The minimum atomic E-state index is -0.634. The Hall–Kier alpha value is -0.750. The molecule has 1 unspecified atom stereocenters. The van der Waals surface area contributed by atoms with Gasteiger partial charge in [0.25, 0.3) is 0 Å². The molecule has 1 fully saturated rings. The summed E-state index contributed by atoms with van der Waals surface area (Å²) >= 11 is 1.48. The molecule has 6 heteroatoms. The Kier molecular flexibility index (Phi) is 6.65. The summed E-state index contributed by atoms with van der Waals surface area (Å²) in [6, 6.07) is 0. The molecular formula is C13H25N3O2S. The molecule has 0 heterocycles. The molecule has 0 aromatic carbocycles. The summed E-state index contributed by atoms with van der Waals surface area (Å²) in [6.07, 6.45) is 3.01. The molecule has 0 aromatic heterocycles. The lowest BCUT2D eigenvalue weighted by molar-refractivity contribution is -0.124.